The molecule has 0 unspecified atom stereocenters. The molecule has 0 nitrogen and oxygen atoms in total. The van der Waals surface area contributed by atoms with Crippen molar-refractivity contribution in [2.24, 2.45) is 0 Å². The molecule has 0 radical (unpaired) electrons. The van der Waals surface area contributed by atoms with Gasteiger partial charge in [0.2, 0.25) is 0 Å². The third-order valence-corrected chi connectivity index (χ3v) is 12.2. The molecule has 11 aromatic rings. The minimum atomic E-state index is 1.22. The number of hydrogen-bond donors (Lipinski definition) is 0. The van der Waals surface area contributed by atoms with Crippen molar-refractivity contribution in [3.63, 3.8) is 0 Å². The first-order valence-corrected chi connectivity index (χ1v) is 19.1. The predicted molar refractivity (Wildman–Crippen MR) is 231 cm³/mol. The van der Waals surface area contributed by atoms with E-state index in [0.717, 1.165) is 0 Å². The van der Waals surface area contributed by atoms with Crippen LogP contribution in [0.5, 0.6) is 0 Å². The summed E-state index contributed by atoms with van der Waals surface area (Å²) < 4.78 is 2.64. The van der Waals surface area contributed by atoms with Crippen LogP contribution in [0.3, 0.4) is 0 Å². The second-order valence-corrected chi connectivity index (χ2v) is 15.0. The lowest BCUT2D eigenvalue weighted by atomic mass is 9.84. The molecule has 0 spiro atoms. The topological polar surface area (TPSA) is 0 Å². The number of benzene rings is 10. The SMILES string of the molecule is c1ccc2c(-c3c4ccccc4c(-c4ccc(-c5ccc6sc7ccccc7c6c5-c5cccc6ccccc56)cc4)c4ccccc34)cccc2c1. The maximum atomic E-state index is 2.34. The van der Waals surface area contributed by atoms with Gasteiger partial charge < -0.3 is 0 Å². The van der Waals surface area contributed by atoms with Gasteiger partial charge in [-0.3, -0.25) is 0 Å². The molecule has 0 aliphatic rings. The summed E-state index contributed by atoms with van der Waals surface area (Å²) >= 11 is 1.88. The standard InChI is InChI=1S/C52H32S/c1-3-17-37-33(13-1)15-11-24-40(37)50-44-21-7-5-19-42(44)49(43-20-6-8-22-45(43)50)36-29-27-35(28-30-36)39-31-32-48-52(46-23-9-10-26-47(46)53-48)51(39)41-25-12-16-34-14-2-4-18-38(34)41/h1-32H. The fourth-order valence-electron chi connectivity index (χ4n) is 8.77. The summed E-state index contributed by atoms with van der Waals surface area (Å²) in [6.07, 6.45) is 0. The molecule has 0 saturated heterocycles. The molecule has 1 aromatic heterocycles. The van der Waals surface area contributed by atoms with Crippen LogP contribution >= 0.6 is 11.3 Å². The van der Waals surface area contributed by atoms with Gasteiger partial charge in [0, 0.05) is 20.2 Å². The molecule has 1 heteroatoms. The zero-order valence-electron chi connectivity index (χ0n) is 28.9. The van der Waals surface area contributed by atoms with E-state index in [0.29, 0.717) is 0 Å². The van der Waals surface area contributed by atoms with E-state index < -0.39 is 0 Å². The van der Waals surface area contributed by atoms with Crippen LogP contribution < -0.4 is 0 Å². The lowest BCUT2D eigenvalue weighted by molar-refractivity contribution is 1.62. The summed E-state index contributed by atoms with van der Waals surface area (Å²) in [6, 6.07) is 71.7. The lowest BCUT2D eigenvalue weighted by Gasteiger charge is -2.19. The average molecular weight is 689 g/mol. The molecule has 0 aliphatic carbocycles. The Balaban J connectivity index is 1.15. The van der Waals surface area contributed by atoms with Crippen LogP contribution in [0.15, 0.2) is 194 Å². The normalized spacial score (nSPS) is 11.8. The zero-order valence-corrected chi connectivity index (χ0v) is 29.7. The van der Waals surface area contributed by atoms with E-state index in [9.17, 15) is 0 Å². The molecule has 0 fully saturated rings. The molecule has 246 valence electrons. The highest BCUT2D eigenvalue weighted by molar-refractivity contribution is 7.26. The minimum Gasteiger partial charge on any atom is -0.135 e. The Hall–Kier alpha value is -6.54. The number of rotatable bonds is 4. The van der Waals surface area contributed by atoms with Gasteiger partial charge in [0.1, 0.15) is 0 Å². The van der Waals surface area contributed by atoms with E-state index in [-0.39, 0.29) is 0 Å². The smallest absolute Gasteiger partial charge is 0.0362 e. The van der Waals surface area contributed by atoms with Crippen LogP contribution in [-0.4, -0.2) is 0 Å². The largest absolute Gasteiger partial charge is 0.135 e. The van der Waals surface area contributed by atoms with Crippen LogP contribution in [0, 0.1) is 0 Å². The fourth-order valence-corrected chi connectivity index (χ4v) is 9.88. The van der Waals surface area contributed by atoms with Crippen molar-refractivity contribution in [2.75, 3.05) is 0 Å². The maximum absolute atomic E-state index is 2.34. The summed E-state index contributed by atoms with van der Waals surface area (Å²) in [5, 5.41) is 12.8. The molecule has 0 aliphatic heterocycles. The molecule has 0 atom stereocenters. The van der Waals surface area contributed by atoms with Gasteiger partial charge in [-0.1, -0.05) is 182 Å². The third-order valence-electron chi connectivity index (χ3n) is 11.1. The minimum absolute atomic E-state index is 1.22. The molecule has 0 amide bonds. The second kappa shape index (κ2) is 12.0. The van der Waals surface area contributed by atoms with Gasteiger partial charge in [-0.25, -0.2) is 0 Å². The molecule has 53 heavy (non-hydrogen) atoms. The van der Waals surface area contributed by atoms with Gasteiger partial charge in [-0.15, -0.1) is 11.3 Å². The van der Waals surface area contributed by atoms with Gasteiger partial charge in [0.05, 0.1) is 0 Å². The monoisotopic (exact) mass is 688 g/mol. The van der Waals surface area contributed by atoms with Crippen LogP contribution in [0.4, 0.5) is 0 Å². The maximum Gasteiger partial charge on any atom is 0.0362 e. The summed E-state index contributed by atoms with van der Waals surface area (Å²) in [5.74, 6) is 0. The first-order valence-electron chi connectivity index (χ1n) is 18.3. The van der Waals surface area contributed by atoms with Crippen molar-refractivity contribution in [1.82, 2.24) is 0 Å². The molecule has 11 rings (SSSR count). The number of thiophene rings is 1. The van der Waals surface area contributed by atoms with E-state index in [4.69, 9.17) is 0 Å². The number of hydrogen-bond acceptors (Lipinski definition) is 1. The van der Waals surface area contributed by atoms with Crippen molar-refractivity contribution < 1.29 is 0 Å². The van der Waals surface area contributed by atoms with Crippen molar-refractivity contribution in [3.8, 4) is 44.5 Å². The predicted octanol–water partition coefficient (Wildman–Crippen LogP) is 15.3. The second-order valence-electron chi connectivity index (χ2n) is 13.9. The Bertz CT molecular complexity index is 3150. The highest BCUT2D eigenvalue weighted by Crippen LogP contribution is 2.48. The van der Waals surface area contributed by atoms with E-state index in [1.807, 2.05) is 11.3 Å². The Labute approximate surface area is 311 Å². The van der Waals surface area contributed by atoms with Crippen molar-refractivity contribution >= 4 is 74.6 Å². The van der Waals surface area contributed by atoms with Crippen LogP contribution in [0.25, 0.3) is 108 Å². The third kappa shape index (κ3) is 4.68. The summed E-state index contributed by atoms with van der Waals surface area (Å²) in [4.78, 5) is 0. The van der Waals surface area contributed by atoms with Gasteiger partial charge in [0.25, 0.3) is 0 Å². The highest BCUT2D eigenvalue weighted by atomic mass is 32.1. The molecule has 10 aromatic carbocycles. The molecule has 0 saturated carbocycles. The van der Waals surface area contributed by atoms with Crippen molar-refractivity contribution in [2.45, 2.75) is 0 Å². The Morgan fingerprint density at radius 1 is 0.245 bits per heavy atom. The summed E-state index contributed by atoms with van der Waals surface area (Å²) in [5.41, 5.74) is 10.1. The van der Waals surface area contributed by atoms with Crippen molar-refractivity contribution in [3.05, 3.63) is 194 Å². The molecule has 1 heterocycles. The molecular formula is C52H32S. The zero-order chi connectivity index (χ0) is 34.9. The van der Waals surface area contributed by atoms with E-state index in [1.54, 1.807) is 0 Å². The van der Waals surface area contributed by atoms with E-state index >= 15 is 0 Å². The first-order chi connectivity index (χ1) is 26.3. The quantitative estimate of drug-likeness (QED) is 0.162. The fraction of sp³-hybridized carbons (Fsp3) is 0. The molecular weight excluding hydrogens is 657 g/mol. The molecule has 0 bridgehead atoms. The molecule has 0 N–H and O–H groups in total. The Morgan fingerprint density at radius 2 is 0.698 bits per heavy atom. The first kappa shape index (κ1) is 30.1. The Morgan fingerprint density at radius 3 is 1.30 bits per heavy atom. The van der Waals surface area contributed by atoms with Crippen LogP contribution in [-0.2, 0) is 0 Å². The van der Waals surface area contributed by atoms with Crippen molar-refractivity contribution in [1.29, 1.82) is 0 Å². The van der Waals surface area contributed by atoms with Crippen LogP contribution in [0.1, 0.15) is 0 Å². The Kier molecular flexibility index (Phi) is 6.83. The van der Waals surface area contributed by atoms with Gasteiger partial charge in [0.15, 0.2) is 0 Å². The van der Waals surface area contributed by atoms with Crippen LogP contribution in [0.2, 0.25) is 0 Å². The van der Waals surface area contributed by atoms with Gasteiger partial charge >= 0.3 is 0 Å². The van der Waals surface area contributed by atoms with E-state index in [1.165, 1.54) is 108 Å². The lowest BCUT2D eigenvalue weighted by Crippen LogP contribution is -1.92. The summed E-state index contributed by atoms with van der Waals surface area (Å²) in [6.45, 7) is 0. The summed E-state index contributed by atoms with van der Waals surface area (Å²) in [7, 11) is 0. The average Bonchev–Trinajstić information content (AvgIpc) is 3.61. The number of fused-ring (bicyclic) bond motifs is 7. The van der Waals surface area contributed by atoms with Gasteiger partial charge in [-0.2, -0.15) is 0 Å². The highest BCUT2D eigenvalue weighted by Gasteiger charge is 2.20. The van der Waals surface area contributed by atoms with E-state index in [2.05, 4.69) is 194 Å². The van der Waals surface area contributed by atoms with Gasteiger partial charge in [-0.05, 0) is 99.7 Å².